The molecule has 3 aliphatic rings. The highest BCUT2D eigenvalue weighted by Gasteiger charge is 2.50. The van der Waals surface area contributed by atoms with E-state index in [9.17, 15) is 9.59 Å². The number of anilines is 3. The number of amides is 2. The number of halogens is 1. The second kappa shape index (κ2) is 11.5. The summed E-state index contributed by atoms with van der Waals surface area (Å²) in [4.78, 5) is 44.4. The van der Waals surface area contributed by atoms with E-state index in [1.54, 1.807) is 6.33 Å². The molecule has 1 saturated carbocycles. The molecule has 0 unspecified atom stereocenters. The highest BCUT2D eigenvalue weighted by molar-refractivity contribution is 6.09. The van der Waals surface area contributed by atoms with E-state index >= 15 is 4.39 Å². The van der Waals surface area contributed by atoms with Gasteiger partial charge in [-0.25, -0.2) is 19.3 Å². The Labute approximate surface area is 268 Å². The summed E-state index contributed by atoms with van der Waals surface area (Å²) < 4.78 is 17.0. The molecule has 10 nitrogen and oxygen atoms in total. The number of hydrogen-bond acceptors (Lipinski definition) is 7. The maximum Gasteiger partial charge on any atom is 0.269 e. The van der Waals surface area contributed by atoms with E-state index in [0.717, 1.165) is 48.9 Å². The molecule has 2 amide bonds. The zero-order valence-electron chi connectivity index (χ0n) is 27.1. The zero-order chi connectivity index (χ0) is 32.3. The number of carbonyl (C=O) groups excluding carboxylic acids is 2. The molecule has 1 aromatic carbocycles. The first-order chi connectivity index (χ1) is 22.1. The van der Waals surface area contributed by atoms with Gasteiger partial charge in [0, 0.05) is 36.4 Å². The quantitative estimate of drug-likeness (QED) is 0.261. The fraction of sp³-hybridized carbons (Fsp3) is 0.457. The zero-order valence-corrected chi connectivity index (χ0v) is 27.1. The molecule has 2 aliphatic heterocycles. The summed E-state index contributed by atoms with van der Waals surface area (Å²) in [6.45, 7) is 10.4. The molecule has 0 spiro atoms. The molecule has 7 rings (SSSR count). The third-order valence-electron chi connectivity index (χ3n) is 10.0. The van der Waals surface area contributed by atoms with Crippen molar-refractivity contribution in [3.05, 3.63) is 59.9 Å². The van der Waals surface area contributed by atoms with E-state index in [1.807, 2.05) is 55.4 Å². The van der Waals surface area contributed by atoms with Crippen LogP contribution in [-0.2, 0) is 10.2 Å². The van der Waals surface area contributed by atoms with Crippen LogP contribution in [0.3, 0.4) is 0 Å². The monoisotopic (exact) mass is 624 g/mol. The first-order valence-corrected chi connectivity index (χ1v) is 16.3. The van der Waals surface area contributed by atoms with Crippen molar-refractivity contribution < 1.29 is 14.0 Å². The van der Waals surface area contributed by atoms with Crippen molar-refractivity contribution >= 4 is 40.0 Å². The Morgan fingerprint density at radius 2 is 1.80 bits per heavy atom. The van der Waals surface area contributed by atoms with Crippen LogP contribution in [-0.4, -0.2) is 68.5 Å². The van der Waals surface area contributed by atoms with Gasteiger partial charge in [0.2, 0.25) is 5.91 Å². The van der Waals surface area contributed by atoms with Crippen LogP contribution in [0.2, 0.25) is 0 Å². The lowest BCUT2D eigenvalue weighted by Crippen LogP contribution is -2.57. The predicted molar refractivity (Wildman–Crippen MR) is 177 cm³/mol. The van der Waals surface area contributed by atoms with Gasteiger partial charge in [-0.1, -0.05) is 18.6 Å². The molecular weight excluding hydrogens is 583 g/mol. The van der Waals surface area contributed by atoms with Gasteiger partial charge in [-0.15, -0.1) is 0 Å². The summed E-state index contributed by atoms with van der Waals surface area (Å²) in [6.07, 6.45) is 8.60. The molecule has 11 heteroatoms. The molecule has 2 N–H and O–H groups in total. The van der Waals surface area contributed by atoms with Crippen molar-refractivity contribution in [2.45, 2.75) is 83.3 Å². The largest absolute Gasteiger partial charge is 0.354 e. The van der Waals surface area contributed by atoms with Crippen molar-refractivity contribution in [2.75, 3.05) is 30.4 Å². The minimum atomic E-state index is -0.619. The molecular formula is C35H41FN8O2. The number of likely N-dealkylation sites (tertiary alicyclic amines) is 1. The number of aromatic nitrogens is 4. The number of rotatable bonds is 7. The molecule has 3 aromatic heterocycles. The van der Waals surface area contributed by atoms with E-state index in [2.05, 4.69) is 31.6 Å². The van der Waals surface area contributed by atoms with Crippen LogP contribution in [0.25, 0.3) is 22.3 Å². The summed E-state index contributed by atoms with van der Waals surface area (Å²) in [5.41, 5.74) is 4.40. The highest BCUT2D eigenvalue weighted by Crippen LogP contribution is 2.48. The van der Waals surface area contributed by atoms with Gasteiger partial charge in [0.25, 0.3) is 5.91 Å². The Morgan fingerprint density at radius 3 is 2.52 bits per heavy atom. The molecule has 0 radical (unpaired) electrons. The summed E-state index contributed by atoms with van der Waals surface area (Å²) in [5.74, 6) is -0.482. The third kappa shape index (κ3) is 5.01. The predicted octanol–water partition coefficient (Wildman–Crippen LogP) is 5.96. The van der Waals surface area contributed by atoms with Crippen LogP contribution >= 0.6 is 0 Å². The van der Waals surface area contributed by atoms with Gasteiger partial charge in [-0.05, 0) is 90.2 Å². The Balaban J connectivity index is 1.27. The smallest absolute Gasteiger partial charge is 0.269 e. The highest BCUT2D eigenvalue weighted by atomic mass is 19.1. The maximum atomic E-state index is 15.0. The Kier molecular flexibility index (Phi) is 7.54. The number of nitrogens with zero attached hydrogens (tertiary/aromatic N) is 6. The van der Waals surface area contributed by atoms with Gasteiger partial charge in [0.15, 0.2) is 11.6 Å². The van der Waals surface area contributed by atoms with Gasteiger partial charge in [0.1, 0.15) is 11.2 Å². The van der Waals surface area contributed by atoms with Crippen LogP contribution in [0, 0.1) is 5.82 Å². The molecule has 1 aliphatic carbocycles. The molecule has 0 atom stereocenters. The van der Waals surface area contributed by atoms with Gasteiger partial charge in [-0.2, -0.15) is 0 Å². The first-order valence-electron chi connectivity index (χ1n) is 16.3. The van der Waals surface area contributed by atoms with Crippen molar-refractivity contribution in [1.29, 1.82) is 0 Å². The lowest BCUT2D eigenvalue weighted by Gasteiger charge is -2.48. The van der Waals surface area contributed by atoms with E-state index in [-0.39, 0.29) is 29.4 Å². The second-order valence-electron chi connectivity index (χ2n) is 13.6. The lowest BCUT2D eigenvalue weighted by molar-refractivity contribution is -0.123. The number of fused-ring (bicyclic) bond motifs is 2. The van der Waals surface area contributed by atoms with Gasteiger partial charge in [-0.3, -0.25) is 9.59 Å². The first kappa shape index (κ1) is 30.3. The standard InChI is InChI=1S/C35H41FN8O2/c1-20(2)43-19-39-28-16-26(40-32(31(28)43)41-27-17-29(33(45)37-5)38-18-25(27)36)21-9-10-24-30(13-21)44(34(46)35(24,3)4)23-14-22(15-23)42-11-7-6-8-12-42/h9-10,13,16-20,22-23H,6-8,11-12,14-15H2,1-5H3,(H,37,45)(H,38,40,41)/t22-,23+. The fourth-order valence-electron chi connectivity index (χ4n) is 7.26. The summed E-state index contributed by atoms with van der Waals surface area (Å²) in [5, 5.41) is 5.67. The Bertz CT molecular complexity index is 1840. The van der Waals surface area contributed by atoms with E-state index < -0.39 is 17.1 Å². The summed E-state index contributed by atoms with van der Waals surface area (Å²) in [7, 11) is 1.50. The van der Waals surface area contributed by atoms with Crippen LogP contribution < -0.4 is 15.5 Å². The van der Waals surface area contributed by atoms with Gasteiger partial charge < -0.3 is 25.0 Å². The third-order valence-corrected chi connectivity index (χ3v) is 10.0. The van der Waals surface area contributed by atoms with Crippen LogP contribution in [0.5, 0.6) is 0 Å². The average Bonchev–Trinajstić information content (AvgIpc) is 3.55. The molecule has 4 aromatic rings. The number of hydrogen-bond donors (Lipinski definition) is 2. The number of benzene rings is 1. The number of piperidine rings is 1. The molecule has 2 fully saturated rings. The van der Waals surface area contributed by atoms with E-state index in [4.69, 9.17) is 4.98 Å². The molecule has 1 saturated heterocycles. The molecule has 0 bridgehead atoms. The minimum Gasteiger partial charge on any atom is -0.354 e. The average molecular weight is 625 g/mol. The Hall–Kier alpha value is -4.38. The number of nitrogens with one attached hydrogen (secondary N) is 2. The van der Waals surface area contributed by atoms with Crippen molar-refractivity contribution in [2.24, 2.45) is 0 Å². The van der Waals surface area contributed by atoms with E-state index in [0.29, 0.717) is 28.6 Å². The Morgan fingerprint density at radius 1 is 1.04 bits per heavy atom. The minimum absolute atomic E-state index is 0.0694. The van der Waals surface area contributed by atoms with Gasteiger partial charge >= 0.3 is 0 Å². The summed E-state index contributed by atoms with van der Waals surface area (Å²) in [6, 6.07) is 10.2. The second-order valence-corrected chi connectivity index (χ2v) is 13.6. The fourth-order valence-corrected chi connectivity index (χ4v) is 7.26. The molecule has 240 valence electrons. The van der Waals surface area contributed by atoms with Crippen molar-refractivity contribution in [1.82, 2.24) is 29.7 Å². The number of pyridine rings is 2. The summed E-state index contributed by atoms with van der Waals surface area (Å²) >= 11 is 0. The van der Waals surface area contributed by atoms with Crippen molar-refractivity contribution in [3.8, 4) is 11.3 Å². The topological polar surface area (TPSA) is 108 Å². The van der Waals surface area contributed by atoms with Crippen molar-refractivity contribution in [3.63, 3.8) is 0 Å². The van der Waals surface area contributed by atoms with Gasteiger partial charge in [0.05, 0.1) is 34.8 Å². The molecule has 46 heavy (non-hydrogen) atoms. The van der Waals surface area contributed by atoms with E-state index in [1.165, 1.54) is 32.4 Å². The lowest BCUT2D eigenvalue weighted by atomic mass is 9.82. The maximum absolute atomic E-state index is 15.0. The van der Waals surface area contributed by atoms with Crippen LogP contribution in [0.15, 0.2) is 42.9 Å². The van der Waals surface area contributed by atoms with Crippen LogP contribution in [0.4, 0.5) is 21.6 Å². The van der Waals surface area contributed by atoms with Crippen LogP contribution in [0.1, 0.15) is 81.9 Å². The SMILES string of the molecule is CNC(=O)c1cc(Nc2nc(-c3ccc4c(c3)N([C@H]3C[C@@H](N5CCCCC5)C3)C(=O)C4(C)C)cc3ncn(C(C)C)c23)c(F)cn1. The number of carbonyl (C=O) groups is 2. The number of imidazole rings is 1. The normalized spacial score (nSPS) is 21.0. The molecule has 5 heterocycles.